The molecule has 0 aliphatic rings. The minimum absolute atomic E-state index is 0.132. The third-order valence-electron chi connectivity index (χ3n) is 4.60. The number of amides is 2. The van der Waals surface area contributed by atoms with Crippen LogP contribution in [0.5, 0.6) is 11.5 Å². The normalized spacial score (nSPS) is 10.7. The zero-order valence-corrected chi connectivity index (χ0v) is 21.4. The van der Waals surface area contributed by atoms with Gasteiger partial charge in [-0.15, -0.1) is 0 Å². The van der Waals surface area contributed by atoms with Crippen molar-refractivity contribution in [2.45, 2.75) is 6.92 Å². The van der Waals surface area contributed by atoms with Gasteiger partial charge in [0.1, 0.15) is 0 Å². The maximum absolute atomic E-state index is 12.3. The number of nitro benzene ring substituents is 1. The van der Waals surface area contributed by atoms with Crippen LogP contribution in [0.3, 0.4) is 0 Å². The van der Waals surface area contributed by atoms with E-state index in [1.807, 2.05) is 0 Å². The van der Waals surface area contributed by atoms with Crippen molar-refractivity contribution in [3.05, 3.63) is 90.9 Å². The molecule has 2 amide bonds. The second kappa shape index (κ2) is 12.9. The van der Waals surface area contributed by atoms with E-state index >= 15 is 0 Å². The summed E-state index contributed by atoms with van der Waals surface area (Å²) in [5.74, 6) is -0.605. The Labute approximate surface area is 226 Å². The summed E-state index contributed by atoms with van der Waals surface area (Å²) in [5.41, 5.74) is 3.31. The fourth-order valence-electron chi connectivity index (χ4n) is 2.94. The van der Waals surface area contributed by atoms with Crippen LogP contribution in [-0.2, 0) is 4.79 Å². The van der Waals surface area contributed by atoms with Crippen molar-refractivity contribution in [2.24, 2.45) is 5.10 Å². The number of anilines is 1. The lowest BCUT2D eigenvalue weighted by atomic mass is 10.2. The Morgan fingerprint density at radius 3 is 2.38 bits per heavy atom. The lowest BCUT2D eigenvalue weighted by molar-refractivity contribution is -0.384. The highest BCUT2D eigenvalue weighted by Crippen LogP contribution is 2.36. The number of carbonyl (C=O) groups excluding carboxylic acids is 2. The first-order valence-electron chi connectivity index (χ1n) is 10.6. The number of nitrogens with one attached hydrogen (secondary N) is 2. The van der Waals surface area contributed by atoms with Crippen molar-refractivity contribution < 1.29 is 24.0 Å². The molecule has 0 saturated carbocycles. The van der Waals surface area contributed by atoms with E-state index in [0.717, 1.165) is 0 Å². The number of nitrogens with zero attached hydrogens (tertiary/aromatic N) is 2. The van der Waals surface area contributed by atoms with Crippen LogP contribution < -0.4 is 20.2 Å². The molecule has 10 nitrogen and oxygen atoms in total. The van der Waals surface area contributed by atoms with Crippen LogP contribution in [0.15, 0.2) is 59.7 Å². The lowest BCUT2D eigenvalue weighted by Gasteiger charge is -2.14. The smallest absolute Gasteiger partial charge is 0.271 e. The summed E-state index contributed by atoms with van der Waals surface area (Å²) in [7, 11) is 0. The number of ether oxygens (including phenoxy) is 2. The summed E-state index contributed by atoms with van der Waals surface area (Å²) in [6, 6.07) is 12.8. The maximum atomic E-state index is 12.3. The molecular formula is C24H19Cl3N4O6. The zero-order chi connectivity index (χ0) is 26.9. The predicted molar refractivity (Wildman–Crippen MR) is 141 cm³/mol. The van der Waals surface area contributed by atoms with Gasteiger partial charge in [0.05, 0.1) is 32.8 Å². The lowest BCUT2D eigenvalue weighted by Crippen LogP contribution is -2.20. The molecule has 0 aromatic heterocycles. The molecule has 192 valence electrons. The summed E-state index contributed by atoms with van der Waals surface area (Å²) >= 11 is 18.2. The van der Waals surface area contributed by atoms with Crippen molar-refractivity contribution in [3.63, 3.8) is 0 Å². The van der Waals surface area contributed by atoms with E-state index in [9.17, 15) is 19.7 Å². The van der Waals surface area contributed by atoms with Gasteiger partial charge in [0.25, 0.3) is 17.5 Å². The van der Waals surface area contributed by atoms with Crippen molar-refractivity contribution in [1.82, 2.24) is 5.43 Å². The van der Waals surface area contributed by atoms with Gasteiger partial charge in [-0.25, -0.2) is 5.43 Å². The van der Waals surface area contributed by atoms with Crippen LogP contribution in [0.25, 0.3) is 0 Å². The number of hydrogen-bond acceptors (Lipinski definition) is 7. The van der Waals surface area contributed by atoms with Crippen molar-refractivity contribution in [1.29, 1.82) is 0 Å². The summed E-state index contributed by atoms with van der Waals surface area (Å²) in [5, 5.41) is 18.1. The van der Waals surface area contributed by atoms with Crippen molar-refractivity contribution >= 4 is 64.2 Å². The van der Waals surface area contributed by atoms with E-state index in [-0.39, 0.29) is 34.4 Å². The molecule has 0 unspecified atom stereocenters. The number of hydrogen-bond donors (Lipinski definition) is 2. The van der Waals surface area contributed by atoms with Gasteiger partial charge < -0.3 is 14.8 Å². The molecule has 13 heteroatoms. The third-order valence-corrected chi connectivity index (χ3v) is 5.62. The van der Waals surface area contributed by atoms with Crippen LogP contribution >= 0.6 is 34.8 Å². The van der Waals surface area contributed by atoms with Gasteiger partial charge in [-0.3, -0.25) is 19.7 Å². The number of halogens is 3. The van der Waals surface area contributed by atoms with Crippen LogP contribution in [0.1, 0.15) is 22.8 Å². The highest BCUT2D eigenvalue weighted by atomic mass is 35.5. The first-order valence-corrected chi connectivity index (χ1v) is 11.7. The van der Waals surface area contributed by atoms with E-state index in [4.69, 9.17) is 44.3 Å². The molecule has 0 atom stereocenters. The van der Waals surface area contributed by atoms with Gasteiger partial charge in [0.15, 0.2) is 18.1 Å². The van der Waals surface area contributed by atoms with E-state index < -0.39 is 16.7 Å². The molecule has 0 fully saturated rings. The van der Waals surface area contributed by atoms with Crippen LogP contribution in [0.4, 0.5) is 11.4 Å². The molecule has 2 N–H and O–H groups in total. The third kappa shape index (κ3) is 7.81. The molecule has 0 bridgehead atoms. The fraction of sp³-hybridized carbons (Fsp3) is 0.125. The minimum atomic E-state index is -0.561. The highest BCUT2D eigenvalue weighted by molar-refractivity contribution is 6.42. The average Bonchev–Trinajstić information content (AvgIpc) is 2.86. The maximum Gasteiger partial charge on any atom is 0.271 e. The Morgan fingerprint density at radius 1 is 1.00 bits per heavy atom. The van der Waals surface area contributed by atoms with Gasteiger partial charge in [-0.1, -0.05) is 34.8 Å². The van der Waals surface area contributed by atoms with Crippen LogP contribution in [-0.4, -0.2) is 36.2 Å². The van der Waals surface area contributed by atoms with Gasteiger partial charge in [0.2, 0.25) is 0 Å². The SMILES string of the molecule is CCOc1cc(/C=N/NC(=O)c2ccc([N+](=O)[O-])cc2)cc(Cl)c1OCC(=O)Nc1ccc(Cl)c(Cl)c1. The predicted octanol–water partition coefficient (Wildman–Crippen LogP) is 5.74. The molecule has 0 radical (unpaired) electrons. The second-order valence-corrected chi connectivity index (χ2v) is 8.45. The number of hydrazone groups is 1. The molecule has 3 rings (SSSR count). The summed E-state index contributed by atoms with van der Waals surface area (Å²) in [6.45, 7) is 1.69. The number of non-ortho nitro benzene ring substituents is 1. The summed E-state index contributed by atoms with van der Waals surface area (Å²) < 4.78 is 11.2. The molecule has 3 aromatic rings. The van der Waals surface area contributed by atoms with Gasteiger partial charge >= 0.3 is 0 Å². The molecule has 0 aliphatic heterocycles. The number of benzene rings is 3. The molecule has 3 aromatic carbocycles. The molecule has 37 heavy (non-hydrogen) atoms. The monoisotopic (exact) mass is 564 g/mol. The van der Waals surface area contributed by atoms with Crippen LogP contribution in [0, 0.1) is 10.1 Å². The highest BCUT2D eigenvalue weighted by Gasteiger charge is 2.15. The van der Waals surface area contributed by atoms with E-state index in [1.54, 1.807) is 25.1 Å². The Morgan fingerprint density at radius 2 is 1.73 bits per heavy atom. The van der Waals surface area contributed by atoms with Gasteiger partial charge in [-0.05, 0) is 55.0 Å². The molecule has 0 aliphatic carbocycles. The Hall–Kier alpha value is -3.86. The number of carbonyl (C=O) groups is 2. The quantitative estimate of drug-likeness (QED) is 0.183. The summed E-state index contributed by atoms with van der Waals surface area (Å²) in [6.07, 6.45) is 1.33. The number of rotatable bonds is 10. The Balaban J connectivity index is 1.65. The molecular weight excluding hydrogens is 547 g/mol. The average molecular weight is 566 g/mol. The Bertz CT molecular complexity index is 1350. The molecule has 0 heterocycles. The fourth-order valence-corrected chi connectivity index (χ4v) is 3.51. The first-order chi connectivity index (χ1) is 17.7. The molecule has 0 spiro atoms. The van der Waals surface area contributed by atoms with Crippen molar-refractivity contribution in [3.8, 4) is 11.5 Å². The van der Waals surface area contributed by atoms with Crippen molar-refractivity contribution in [2.75, 3.05) is 18.5 Å². The summed E-state index contributed by atoms with van der Waals surface area (Å²) in [4.78, 5) is 34.7. The van der Waals surface area contributed by atoms with E-state index in [2.05, 4.69) is 15.8 Å². The van der Waals surface area contributed by atoms with E-state index in [0.29, 0.717) is 27.9 Å². The number of nitro groups is 1. The van der Waals surface area contributed by atoms with Gasteiger partial charge in [-0.2, -0.15) is 5.10 Å². The van der Waals surface area contributed by atoms with Crippen LogP contribution in [0.2, 0.25) is 15.1 Å². The topological polar surface area (TPSA) is 132 Å². The Kier molecular flexibility index (Phi) is 9.67. The largest absolute Gasteiger partial charge is 0.490 e. The van der Waals surface area contributed by atoms with E-state index in [1.165, 1.54) is 42.6 Å². The minimum Gasteiger partial charge on any atom is -0.490 e. The zero-order valence-electron chi connectivity index (χ0n) is 19.2. The first kappa shape index (κ1) is 27.7. The molecule has 0 saturated heterocycles. The second-order valence-electron chi connectivity index (χ2n) is 7.23. The van der Waals surface area contributed by atoms with Gasteiger partial charge in [0, 0.05) is 23.4 Å². The standard InChI is InChI=1S/C24H19Cl3N4O6/c1-2-36-21-10-14(12-28-30-24(33)15-3-6-17(7-4-15)31(34)35)9-20(27)23(21)37-13-22(32)29-16-5-8-18(25)19(26)11-16/h3-12H,2,13H2,1H3,(H,29,32)(H,30,33)/b28-12+.